The molecule has 5 rings (SSSR count). The van der Waals surface area contributed by atoms with Gasteiger partial charge in [0.05, 0.1) is 29.5 Å². The van der Waals surface area contributed by atoms with Gasteiger partial charge in [0.1, 0.15) is 5.82 Å². The van der Waals surface area contributed by atoms with Crippen LogP contribution in [0.3, 0.4) is 0 Å². The predicted octanol–water partition coefficient (Wildman–Crippen LogP) is 4.32. The van der Waals surface area contributed by atoms with Crippen molar-refractivity contribution in [3.63, 3.8) is 0 Å². The van der Waals surface area contributed by atoms with Crippen LogP contribution in [0.25, 0.3) is 16.6 Å². The molecule has 1 saturated heterocycles. The van der Waals surface area contributed by atoms with Gasteiger partial charge in [-0.2, -0.15) is 4.98 Å². The van der Waals surface area contributed by atoms with E-state index in [1.54, 1.807) is 18.0 Å². The first-order chi connectivity index (χ1) is 17.2. The second-order valence-electron chi connectivity index (χ2n) is 10.0. The van der Waals surface area contributed by atoms with E-state index in [9.17, 15) is 9.18 Å². The summed E-state index contributed by atoms with van der Waals surface area (Å²) in [4.78, 5) is 25.9. The fourth-order valence-electron chi connectivity index (χ4n) is 4.95. The number of carbonyl (C=O) groups excluding carboxylic acids is 1. The minimum absolute atomic E-state index is 0.00729. The number of benzene rings is 1. The zero-order chi connectivity index (χ0) is 25.6. The highest BCUT2D eigenvalue weighted by Crippen LogP contribution is 2.32. The Kier molecular flexibility index (Phi) is 6.34. The Bertz CT molecular complexity index is 1420. The van der Waals surface area contributed by atoms with Crippen LogP contribution in [0.4, 0.5) is 4.39 Å². The summed E-state index contributed by atoms with van der Waals surface area (Å²) in [6, 6.07) is 4.40. The van der Waals surface area contributed by atoms with Crippen molar-refractivity contribution in [3.05, 3.63) is 71.0 Å². The van der Waals surface area contributed by atoms with Gasteiger partial charge in [-0.3, -0.25) is 14.7 Å². The van der Waals surface area contributed by atoms with Crippen LogP contribution in [0, 0.1) is 25.6 Å². The van der Waals surface area contributed by atoms with E-state index in [0.29, 0.717) is 35.4 Å². The van der Waals surface area contributed by atoms with Crippen molar-refractivity contribution in [1.82, 2.24) is 29.5 Å². The van der Waals surface area contributed by atoms with E-state index in [1.165, 1.54) is 17.7 Å². The molecule has 0 saturated carbocycles. The lowest BCUT2D eigenvalue weighted by atomic mass is 9.91. The summed E-state index contributed by atoms with van der Waals surface area (Å²) in [5, 5.41) is 5.00. The number of hydrogen-bond acceptors (Lipinski definition) is 6. The van der Waals surface area contributed by atoms with Crippen LogP contribution in [-0.2, 0) is 13.0 Å². The summed E-state index contributed by atoms with van der Waals surface area (Å²) >= 11 is 0. The van der Waals surface area contributed by atoms with Crippen molar-refractivity contribution in [1.29, 1.82) is 0 Å². The second-order valence-corrected chi connectivity index (χ2v) is 10.0. The van der Waals surface area contributed by atoms with Crippen LogP contribution in [0.5, 0.6) is 0 Å². The number of fused-ring (bicyclic) bond motifs is 1. The summed E-state index contributed by atoms with van der Waals surface area (Å²) < 4.78 is 21.5. The summed E-state index contributed by atoms with van der Waals surface area (Å²) in [6.07, 6.45) is 6.66. The number of aromatic nitrogens is 4. The number of amides is 1. The number of hydrogen-bond donors (Lipinski definition) is 0. The van der Waals surface area contributed by atoms with Crippen LogP contribution in [0.2, 0.25) is 0 Å². The number of rotatable bonds is 7. The highest BCUT2D eigenvalue weighted by atomic mass is 19.1. The Hall–Kier alpha value is -3.59. The van der Waals surface area contributed by atoms with Gasteiger partial charge in [0.25, 0.3) is 5.91 Å². The number of aryl methyl sites for hydroxylation is 2. The molecule has 3 aromatic heterocycles. The summed E-state index contributed by atoms with van der Waals surface area (Å²) in [5.41, 5.74) is 4.17. The lowest BCUT2D eigenvalue weighted by Gasteiger charge is -2.38. The summed E-state index contributed by atoms with van der Waals surface area (Å²) in [7, 11) is 1.74. The molecular weight excluding hydrogens is 459 g/mol. The molecule has 4 heterocycles. The van der Waals surface area contributed by atoms with Crippen molar-refractivity contribution < 1.29 is 13.7 Å². The largest absolute Gasteiger partial charge is 0.339 e. The van der Waals surface area contributed by atoms with Crippen molar-refractivity contribution >= 4 is 16.8 Å². The van der Waals surface area contributed by atoms with Gasteiger partial charge in [0, 0.05) is 44.0 Å². The molecule has 0 aliphatic carbocycles. The molecule has 1 aliphatic heterocycles. The Morgan fingerprint density at radius 3 is 2.72 bits per heavy atom. The lowest BCUT2D eigenvalue weighted by molar-refractivity contribution is 0.0754. The number of nitrogens with zero attached hydrogens (tertiary/aromatic N) is 6. The van der Waals surface area contributed by atoms with E-state index in [2.05, 4.69) is 33.1 Å². The van der Waals surface area contributed by atoms with E-state index < -0.39 is 5.82 Å². The molecule has 188 valence electrons. The third kappa shape index (κ3) is 4.51. The SMILES string of the molecule is Cc1noc(CN2CC(Cc3cn(-c4ccc(F)cc4C(=O)N(C)C(C)C)c4cncc(C)c34)C2)n1. The number of pyridine rings is 1. The molecular formula is C27H31FN6O2. The maximum absolute atomic E-state index is 14.3. The van der Waals surface area contributed by atoms with Gasteiger partial charge in [0.2, 0.25) is 5.89 Å². The van der Waals surface area contributed by atoms with Gasteiger partial charge in [-0.05, 0) is 69.4 Å². The van der Waals surface area contributed by atoms with E-state index >= 15 is 0 Å². The zero-order valence-electron chi connectivity index (χ0n) is 21.3. The smallest absolute Gasteiger partial charge is 0.256 e. The van der Waals surface area contributed by atoms with E-state index in [0.717, 1.165) is 36.0 Å². The quantitative estimate of drug-likeness (QED) is 0.384. The van der Waals surface area contributed by atoms with Crippen molar-refractivity contribution in [2.75, 3.05) is 20.1 Å². The monoisotopic (exact) mass is 490 g/mol. The lowest BCUT2D eigenvalue weighted by Crippen LogP contribution is -2.46. The molecule has 1 aliphatic rings. The number of carbonyl (C=O) groups is 1. The first-order valence-electron chi connectivity index (χ1n) is 12.2. The average molecular weight is 491 g/mol. The first kappa shape index (κ1) is 24.1. The highest BCUT2D eigenvalue weighted by Gasteiger charge is 2.30. The topological polar surface area (TPSA) is 80.3 Å². The minimum Gasteiger partial charge on any atom is -0.339 e. The fraction of sp³-hybridized carbons (Fsp3) is 0.407. The summed E-state index contributed by atoms with van der Waals surface area (Å²) in [6.45, 7) is 10.3. The number of halogens is 1. The molecule has 0 spiro atoms. The van der Waals surface area contributed by atoms with Crippen LogP contribution >= 0.6 is 0 Å². The van der Waals surface area contributed by atoms with Crippen molar-refractivity contribution in [2.45, 2.75) is 46.7 Å². The third-order valence-electron chi connectivity index (χ3n) is 6.99. The standard InChI is InChI=1S/C27H31FN6O2/c1-16(2)32(5)27(35)22-9-21(28)6-7-23(22)34-14-20(26-17(3)10-29-11-24(26)34)8-19-12-33(13-19)15-25-30-18(4)31-36-25/h6-7,9-11,14,16,19H,8,12-13,15H2,1-5H3. The van der Waals surface area contributed by atoms with Crippen molar-refractivity contribution in [3.8, 4) is 5.69 Å². The molecule has 1 amide bonds. The van der Waals surface area contributed by atoms with E-state index in [4.69, 9.17) is 4.52 Å². The molecule has 36 heavy (non-hydrogen) atoms. The van der Waals surface area contributed by atoms with Crippen LogP contribution in [-0.4, -0.2) is 61.6 Å². The number of likely N-dealkylation sites (tertiary alicyclic amines) is 1. The molecule has 1 fully saturated rings. The Morgan fingerprint density at radius 2 is 2.03 bits per heavy atom. The van der Waals surface area contributed by atoms with Crippen LogP contribution < -0.4 is 0 Å². The minimum atomic E-state index is -0.434. The van der Waals surface area contributed by atoms with E-state index in [-0.39, 0.29) is 11.9 Å². The highest BCUT2D eigenvalue weighted by molar-refractivity contribution is 5.99. The molecule has 4 aromatic rings. The Balaban J connectivity index is 1.46. The predicted molar refractivity (Wildman–Crippen MR) is 135 cm³/mol. The molecule has 9 heteroatoms. The Labute approximate surface area is 209 Å². The first-order valence-corrected chi connectivity index (χ1v) is 12.2. The van der Waals surface area contributed by atoms with Gasteiger partial charge in [-0.15, -0.1) is 0 Å². The average Bonchev–Trinajstić information content (AvgIpc) is 3.40. The normalized spacial score (nSPS) is 14.5. The Morgan fingerprint density at radius 1 is 1.25 bits per heavy atom. The zero-order valence-corrected chi connectivity index (χ0v) is 21.3. The van der Waals surface area contributed by atoms with Gasteiger partial charge in [-0.1, -0.05) is 5.16 Å². The molecule has 0 N–H and O–H groups in total. The van der Waals surface area contributed by atoms with Gasteiger partial charge < -0.3 is 14.0 Å². The fourth-order valence-corrected chi connectivity index (χ4v) is 4.95. The third-order valence-corrected chi connectivity index (χ3v) is 6.99. The van der Waals surface area contributed by atoms with Gasteiger partial charge in [0.15, 0.2) is 5.82 Å². The van der Waals surface area contributed by atoms with E-state index in [1.807, 2.05) is 37.7 Å². The summed E-state index contributed by atoms with van der Waals surface area (Å²) in [5.74, 6) is 1.13. The van der Waals surface area contributed by atoms with Crippen molar-refractivity contribution in [2.24, 2.45) is 5.92 Å². The van der Waals surface area contributed by atoms with Crippen LogP contribution in [0.1, 0.15) is 47.0 Å². The molecule has 0 bridgehead atoms. The second kappa shape index (κ2) is 9.46. The maximum atomic E-state index is 14.3. The maximum Gasteiger partial charge on any atom is 0.256 e. The van der Waals surface area contributed by atoms with Gasteiger partial charge in [-0.25, -0.2) is 4.39 Å². The molecule has 8 nitrogen and oxygen atoms in total. The molecule has 0 atom stereocenters. The molecule has 1 aromatic carbocycles. The van der Waals surface area contributed by atoms with Gasteiger partial charge >= 0.3 is 0 Å². The molecule has 0 radical (unpaired) electrons. The molecule has 0 unspecified atom stereocenters. The van der Waals surface area contributed by atoms with Crippen LogP contribution in [0.15, 0.2) is 41.3 Å².